The van der Waals surface area contributed by atoms with E-state index in [1.54, 1.807) is 37.3 Å². The van der Waals surface area contributed by atoms with Crippen molar-refractivity contribution in [3.05, 3.63) is 59.2 Å². The monoisotopic (exact) mass is 254 g/mol. The summed E-state index contributed by atoms with van der Waals surface area (Å²) in [7, 11) is 0. The van der Waals surface area contributed by atoms with Gasteiger partial charge in [0.25, 0.3) is 0 Å². The Balaban J connectivity index is 2.78. The fourth-order valence-corrected chi connectivity index (χ4v) is 2.08. The first kappa shape index (κ1) is 12.8. The molecule has 0 N–H and O–H groups in total. The minimum atomic E-state index is -1.34. The van der Waals surface area contributed by atoms with Gasteiger partial charge in [0, 0.05) is 11.1 Å². The van der Waals surface area contributed by atoms with E-state index >= 15 is 0 Å². The zero-order valence-electron chi connectivity index (χ0n) is 10.2. The van der Waals surface area contributed by atoms with Gasteiger partial charge < -0.3 is 19.8 Å². The van der Waals surface area contributed by atoms with Crippen LogP contribution in [0.3, 0.4) is 0 Å². The molecule has 0 spiro atoms. The van der Waals surface area contributed by atoms with Gasteiger partial charge in [-0.3, -0.25) is 0 Å². The minimum absolute atomic E-state index is 0.0242. The molecule has 2 aromatic carbocycles. The van der Waals surface area contributed by atoms with Gasteiger partial charge in [-0.05, 0) is 23.6 Å². The fourth-order valence-electron chi connectivity index (χ4n) is 2.08. The highest BCUT2D eigenvalue weighted by Gasteiger charge is 2.13. The van der Waals surface area contributed by atoms with Gasteiger partial charge in [-0.2, -0.15) is 0 Å². The summed E-state index contributed by atoms with van der Waals surface area (Å²) in [5, 5.41) is 22.2. The minimum Gasteiger partial charge on any atom is -0.545 e. The number of carbonyl (C=O) groups is 2. The van der Waals surface area contributed by atoms with Crippen LogP contribution in [-0.4, -0.2) is 11.9 Å². The zero-order valence-corrected chi connectivity index (χ0v) is 10.2. The highest BCUT2D eigenvalue weighted by molar-refractivity contribution is 5.99. The first-order chi connectivity index (χ1) is 9.02. The summed E-state index contributed by atoms with van der Waals surface area (Å²) in [5.41, 5.74) is 1.27. The van der Waals surface area contributed by atoms with E-state index in [0.717, 1.165) is 0 Å². The molecule has 0 radical (unpaired) electrons. The van der Waals surface area contributed by atoms with Gasteiger partial charge in [-0.25, -0.2) is 0 Å². The predicted molar refractivity (Wildman–Crippen MR) is 65.3 cm³/mol. The molecule has 0 saturated heterocycles. The second-order valence-electron chi connectivity index (χ2n) is 4.10. The Bertz CT molecular complexity index is 645. The molecule has 0 unspecified atom stereocenters. The SMILES string of the molecule is Cc1c(C(=O)[O-])ccc(C(=O)[O-])c1-c1ccccc1. The van der Waals surface area contributed by atoms with Gasteiger partial charge in [0.1, 0.15) is 0 Å². The molecule has 0 fully saturated rings. The molecule has 0 saturated carbocycles. The Morgan fingerprint density at radius 3 is 1.89 bits per heavy atom. The number of rotatable bonds is 3. The molecule has 0 atom stereocenters. The van der Waals surface area contributed by atoms with Crippen LogP contribution in [0.1, 0.15) is 26.3 Å². The number of hydrogen-bond donors (Lipinski definition) is 0. The van der Waals surface area contributed by atoms with Crippen LogP contribution in [0.5, 0.6) is 0 Å². The molecule has 0 bridgehead atoms. The molecule has 0 heterocycles. The molecule has 4 heteroatoms. The number of carbonyl (C=O) groups excluding carboxylic acids is 2. The molecular formula is C15H10O4-2. The van der Waals surface area contributed by atoms with Crippen molar-refractivity contribution in [2.75, 3.05) is 0 Å². The van der Waals surface area contributed by atoms with E-state index in [2.05, 4.69) is 0 Å². The molecule has 0 aromatic heterocycles. The summed E-state index contributed by atoms with van der Waals surface area (Å²) in [6, 6.07) is 11.2. The first-order valence-electron chi connectivity index (χ1n) is 5.64. The number of benzene rings is 2. The summed E-state index contributed by atoms with van der Waals surface area (Å²) >= 11 is 0. The van der Waals surface area contributed by atoms with Crippen LogP contribution in [0.4, 0.5) is 0 Å². The molecule has 19 heavy (non-hydrogen) atoms. The van der Waals surface area contributed by atoms with Crippen LogP contribution in [0.25, 0.3) is 11.1 Å². The topological polar surface area (TPSA) is 80.3 Å². The lowest BCUT2D eigenvalue weighted by atomic mass is 9.91. The zero-order chi connectivity index (χ0) is 14.0. The molecule has 0 aliphatic carbocycles. The molecule has 2 rings (SSSR count). The van der Waals surface area contributed by atoms with Gasteiger partial charge in [0.2, 0.25) is 0 Å². The van der Waals surface area contributed by atoms with Crippen molar-refractivity contribution in [3.63, 3.8) is 0 Å². The molecule has 96 valence electrons. The van der Waals surface area contributed by atoms with E-state index in [0.29, 0.717) is 16.7 Å². The second-order valence-corrected chi connectivity index (χ2v) is 4.10. The number of carboxylic acids is 2. The van der Waals surface area contributed by atoms with Crippen LogP contribution in [0, 0.1) is 6.92 Å². The van der Waals surface area contributed by atoms with E-state index in [4.69, 9.17) is 0 Å². The van der Waals surface area contributed by atoms with E-state index in [-0.39, 0.29) is 11.1 Å². The summed E-state index contributed by atoms with van der Waals surface area (Å²) in [6.45, 7) is 1.56. The largest absolute Gasteiger partial charge is 0.545 e. The van der Waals surface area contributed by atoms with Crippen molar-refractivity contribution in [2.24, 2.45) is 0 Å². The summed E-state index contributed by atoms with van der Waals surface area (Å²) in [6.07, 6.45) is 0. The quantitative estimate of drug-likeness (QED) is 0.793. The Morgan fingerprint density at radius 2 is 1.37 bits per heavy atom. The van der Waals surface area contributed by atoms with Crippen LogP contribution in [0.15, 0.2) is 42.5 Å². The Labute approximate surface area is 109 Å². The summed E-state index contributed by atoms with van der Waals surface area (Å²) in [5.74, 6) is -2.67. The molecule has 4 nitrogen and oxygen atoms in total. The number of carboxylic acid groups (broad SMARTS) is 2. The molecule has 0 aliphatic rings. The van der Waals surface area contributed by atoms with E-state index in [1.165, 1.54) is 12.1 Å². The maximum absolute atomic E-state index is 11.2. The van der Waals surface area contributed by atoms with Crippen molar-refractivity contribution in [3.8, 4) is 11.1 Å². The normalized spacial score (nSPS) is 10.2. The van der Waals surface area contributed by atoms with Crippen molar-refractivity contribution in [1.82, 2.24) is 0 Å². The van der Waals surface area contributed by atoms with E-state index in [9.17, 15) is 19.8 Å². The molecule has 0 amide bonds. The van der Waals surface area contributed by atoms with Crippen molar-refractivity contribution in [1.29, 1.82) is 0 Å². The van der Waals surface area contributed by atoms with E-state index in [1.807, 2.05) is 0 Å². The fraction of sp³-hybridized carbons (Fsp3) is 0.0667. The third-order valence-corrected chi connectivity index (χ3v) is 2.97. The third kappa shape index (κ3) is 2.33. The first-order valence-corrected chi connectivity index (χ1v) is 5.64. The van der Waals surface area contributed by atoms with E-state index < -0.39 is 11.9 Å². The lowest BCUT2D eigenvalue weighted by molar-refractivity contribution is -0.256. The van der Waals surface area contributed by atoms with Crippen LogP contribution in [0.2, 0.25) is 0 Å². The van der Waals surface area contributed by atoms with Gasteiger partial charge in [0.05, 0.1) is 11.9 Å². The lowest BCUT2D eigenvalue weighted by Crippen LogP contribution is -2.26. The highest BCUT2D eigenvalue weighted by atomic mass is 16.4. The maximum atomic E-state index is 11.2. The van der Waals surface area contributed by atoms with Crippen molar-refractivity contribution in [2.45, 2.75) is 6.92 Å². The van der Waals surface area contributed by atoms with Crippen molar-refractivity contribution < 1.29 is 19.8 Å². The Morgan fingerprint density at radius 1 is 0.842 bits per heavy atom. The van der Waals surface area contributed by atoms with Gasteiger partial charge >= 0.3 is 0 Å². The van der Waals surface area contributed by atoms with Crippen LogP contribution >= 0.6 is 0 Å². The lowest BCUT2D eigenvalue weighted by Gasteiger charge is -2.17. The molecular weight excluding hydrogens is 244 g/mol. The average Bonchev–Trinajstić information content (AvgIpc) is 2.38. The summed E-state index contributed by atoms with van der Waals surface area (Å²) in [4.78, 5) is 22.2. The Hall–Kier alpha value is -2.62. The maximum Gasteiger partial charge on any atom is 0.0721 e. The van der Waals surface area contributed by atoms with Crippen LogP contribution in [-0.2, 0) is 0 Å². The highest BCUT2D eigenvalue weighted by Crippen LogP contribution is 2.29. The smallest absolute Gasteiger partial charge is 0.0721 e. The second kappa shape index (κ2) is 4.94. The van der Waals surface area contributed by atoms with Gasteiger partial charge in [-0.15, -0.1) is 0 Å². The standard InChI is InChI=1S/C15H12O4/c1-9-11(14(16)17)7-8-12(15(18)19)13(9)10-5-3-2-4-6-10/h2-8H,1H3,(H,16,17)(H,18,19)/p-2. The van der Waals surface area contributed by atoms with Gasteiger partial charge in [0.15, 0.2) is 0 Å². The molecule has 0 aliphatic heterocycles. The van der Waals surface area contributed by atoms with Crippen molar-refractivity contribution >= 4 is 11.9 Å². The Kier molecular flexibility index (Phi) is 3.33. The summed E-state index contributed by atoms with van der Waals surface area (Å²) < 4.78 is 0. The third-order valence-electron chi connectivity index (χ3n) is 2.97. The average molecular weight is 254 g/mol. The van der Waals surface area contributed by atoms with Crippen LogP contribution < -0.4 is 10.2 Å². The number of hydrogen-bond acceptors (Lipinski definition) is 4. The van der Waals surface area contributed by atoms with Gasteiger partial charge in [-0.1, -0.05) is 42.5 Å². The molecule has 2 aromatic rings. The predicted octanol–water partition coefficient (Wildman–Crippen LogP) is 0.389. The number of aromatic carboxylic acids is 2.